The van der Waals surface area contributed by atoms with Crippen molar-refractivity contribution in [1.29, 1.82) is 0 Å². The molecule has 2 rings (SSSR count). The molecule has 0 fully saturated rings. The molecule has 0 saturated heterocycles. The van der Waals surface area contributed by atoms with Gasteiger partial charge in [0.15, 0.2) is 0 Å². The molecule has 20 heavy (non-hydrogen) atoms. The van der Waals surface area contributed by atoms with Gasteiger partial charge in [0.1, 0.15) is 11.9 Å². The predicted molar refractivity (Wildman–Crippen MR) is 80.7 cm³/mol. The third-order valence-electron chi connectivity index (χ3n) is 3.84. The summed E-state index contributed by atoms with van der Waals surface area (Å²) in [6, 6.07) is 10.2. The van der Waals surface area contributed by atoms with Crippen molar-refractivity contribution in [2.24, 2.45) is 5.73 Å². The monoisotopic (exact) mass is 273 g/mol. The first-order valence-corrected chi connectivity index (χ1v) is 7.06. The fourth-order valence-electron chi connectivity index (χ4n) is 2.45. The first-order chi connectivity index (χ1) is 9.54. The van der Waals surface area contributed by atoms with E-state index < -0.39 is 6.10 Å². The Morgan fingerprint density at radius 1 is 1.10 bits per heavy atom. The van der Waals surface area contributed by atoms with Crippen molar-refractivity contribution in [3.8, 4) is 0 Å². The molecule has 1 heterocycles. The first-order valence-electron chi connectivity index (χ1n) is 7.06. The van der Waals surface area contributed by atoms with Crippen LogP contribution in [0.5, 0.6) is 0 Å². The number of hydrogen-bond donors (Lipinski definition) is 2. The zero-order valence-electron chi connectivity index (χ0n) is 12.3. The van der Waals surface area contributed by atoms with Gasteiger partial charge in [-0.25, -0.2) is 0 Å². The Balaban J connectivity index is 2.26. The molecule has 0 saturated carbocycles. The van der Waals surface area contributed by atoms with Gasteiger partial charge in [0.2, 0.25) is 0 Å². The molecule has 0 aliphatic heterocycles. The lowest BCUT2D eigenvalue weighted by molar-refractivity contribution is 0.121. The molecule has 0 bridgehead atoms. The average molecular weight is 273 g/mol. The summed E-state index contributed by atoms with van der Waals surface area (Å²) < 4.78 is 5.39. The van der Waals surface area contributed by atoms with Gasteiger partial charge in [0.05, 0.1) is 6.26 Å². The van der Waals surface area contributed by atoms with E-state index in [-0.39, 0.29) is 5.92 Å². The summed E-state index contributed by atoms with van der Waals surface area (Å²) in [5.74, 6) is 0.951. The Hall–Kier alpha value is -1.58. The second kappa shape index (κ2) is 6.25. The molecule has 3 heteroatoms. The Kier molecular flexibility index (Phi) is 4.63. The molecule has 0 aliphatic rings. The van der Waals surface area contributed by atoms with Gasteiger partial charge in [-0.05, 0) is 35.6 Å². The minimum absolute atomic E-state index is 0.152. The molecular formula is C17H23NO2. The molecule has 0 amide bonds. The van der Waals surface area contributed by atoms with Crippen LogP contribution in [0.15, 0.2) is 41.0 Å². The minimum atomic E-state index is -0.708. The molecule has 2 unspecified atom stereocenters. The van der Waals surface area contributed by atoms with Gasteiger partial charge in [-0.2, -0.15) is 0 Å². The van der Waals surface area contributed by atoms with Crippen LogP contribution in [0.4, 0.5) is 0 Å². The summed E-state index contributed by atoms with van der Waals surface area (Å²) in [7, 11) is 0. The van der Waals surface area contributed by atoms with Crippen LogP contribution in [0, 0.1) is 6.92 Å². The lowest BCUT2D eigenvalue weighted by atomic mass is 9.89. The average Bonchev–Trinajstić information content (AvgIpc) is 2.86. The third-order valence-corrected chi connectivity index (χ3v) is 3.84. The smallest absolute Gasteiger partial charge is 0.135 e. The molecule has 0 aliphatic carbocycles. The normalized spacial score (nSPS) is 14.5. The van der Waals surface area contributed by atoms with Crippen molar-refractivity contribution in [3.05, 3.63) is 59.0 Å². The summed E-state index contributed by atoms with van der Waals surface area (Å²) in [6.45, 7) is 6.63. The summed E-state index contributed by atoms with van der Waals surface area (Å²) in [5, 5.41) is 10.5. The van der Waals surface area contributed by atoms with E-state index in [1.54, 1.807) is 6.26 Å². The molecule has 0 radical (unpaired) electrons. The Labute approximate surface area is 120 Å². The molecule has 1 aromatic carbocycles. The van der Waals surface area contributed by atoms with Crippen LogP contribution in [0.3, 0.4) is 0 Å². The van der Waals surface area contributed by atoms with Crippen LogP contribution in [-0.4, -0.2) is 11.7 Å². The van der Waals surface area contributed by atoms with Crippen LogP contribution in [0.1, 0.15) is 54.2 Å². The Morgan fingerprint density at radius 2 is 1.70 bits per heavy atom. The first kappa shape index (κ1) is 14.8. The van der Waals surface area contributed by atoms with E-state index in [1.165, 1.54) is 5.56 Å². The summed E-state index contributed by atoms with van der Waals surface area (Å²) in [5.41, 5.74) is 9.14. The van der Waals surface area contributed by atoms with Crippen molar-refractivity contribution in [1.82, 2.24) is 0 Å². The quantitative estimate of drug-likeness (QED) is 0.876. The van der Waals surface area contributed by atoms with E-state index in [0.717, 1.165) is 11.1 Å². The van der Waals surface area contributed by atoms with Crippen LogP contribution in [0.25, 0.3) is 0 Å². The maximum Gasteiger partial charge on any atom is 0.135 e. The SMILES string of the molecule is Cc1ccoc1C(O)C(CN)c1ccc(C(C)C)cc1. The van der Waals surface area contributed by atoms with Crippen molar-refractivity contribution in [2.45, 2.75) is 38.7 Å². The molecule has 1 aromatic heterocycles. The molecule has 0 spiro atoms. The number of aryl methyl sites for hydroxylation is 1. The van der Waals surface area contributed by atoms with Crippen LogP contribution in [-0.2, 0) is 0 Å². The fraction of sp³-hybridized carbons (Fsp3) is 0.412. The molecule has 3 N–H and O–H groups in total. The van der Waals surface area contributed by atoms with Gasteiger partial charge in [-0.1, -0.05) is 38.1 Å². The second-order valence-corrected chi connectivity index (χ2v) is 5.58. The van der Waals surface area contributed by atoms with E-state index in [2.05, 4.69) is 26.0 Å². The summed E-state index contributed by atoms with van der Waals surface area (Å²) in [4.78, 5) is 0. The lowest BCUT2D eigenvalue weighted by Crippen LogP contribution is -2.20. The van der Waals surface area contributed by atoms with Crippen molar-refractivity contribution in [2.75, 3.05) is 6.54 Å². The van der Waals surface area contributed by atoms with E-state index in [9.17, 15) is 5.11 Å². The number of aliphatic hydroxyl groups excluding tert-OH is 1. The maximum atomic E-state index is 10.5. The largest absolute Gasteiger partial charge is 0.466 e. The standard InChI is InChI=1S/C17H23NO2/c1-11(2)13-4-6-14(7-5-13)15(10-18)16(19)17-12(3)8-9-20-17/h4-9,11,15-16,19H,10,18H2,1-3H3. The third kappa shape index (κ3) is 2.94. The lowest BCUT2D eigenvalue weighted by Gasteiger charge is -2.21. The van der Waals surface area contributed by atoms with Gasteiger partial charge in [0, 0.05) is 12.5 Å². The number of hydrogen-bond acceptors (Lipinski definition) is 3. The molecule has 108 valence electrons. The van der Waals surface area contributed by atoms with E-state index in [4.69, 9.17) is 10.2 Å². The van der Waals surface area contributed by atoms with Gasteiger partial charge in [-0.3, -0.25) is 0 Å². The zero-order chi connectivity index (χ0) is 14.7. The summed E-state index contributed by atoms with van der Waals surface area (Å²) in [6.07, 6.45) is 0.892. The van der Waals surface area contributed by atoms with E-state index >= 15 is 0 Å². The predicted octanol–water partition coefficient (Wildman–Crippen LogP) is 3.49. The number of rotatable bonds is 5. The highest BCUT2D eigenvalue weighted by atomic mass is 16.4. The van der Waals surface area contributed by atoms with Crippen LogP contribution in [0.2, 0.25) is 0 Å². The maximum absolute atomic E-state index is 10.5. The van der Waals surface area contributed by atoms with Crippen LogP contribution < -0.4 is 5.73 Å². The molecule has 2 atom stereocenters. The van der Waals surface area contributed by atoms with Gasteiger partial charge >= 0.3 is 0 Å². The molecule has 3 nitrogen and oxygen atoms in total. The number of aliphatic hydroxyl groups is 1. The second-order valence-electron chi connectivity index (χ2n) is 5.58. The highest BCUT2D eigenvalue weighted by Crippen LogP contribution is 2.32. The number of benzene rings is 1. The molecule has 2 aromatic rings. The minimum Gasteiger partial charge on any atom is -0.466 e. The fourth-order valence-corrected chi connectivity index (χ4v) is 2.45. The Bertz CT molecular complexity index is 542. The van der Waals surface area contributed by atoms with Crippen molar-refractivity contribution in [3.63, 3.8) is 0 Å². The van der Waals surface area contributed by atoms with Crippen LogP contribution >= 0.6 is 0 Å². The highest BCUT2D eigenvalue weighted by molar-refractivity contribution is 5.30. The highest BCUT2D eigenvalue weighted by Gasteiger charge is 2.25. The van der Waals surface area contributed by atoms with Crippen molar-refractivity contribution >= 4 is 0 Å². The van der Waals surface area contributed by atoms with E-state index in [0.29, 0.717) is 18.2 Å². The molecular weight excluding hydrogens is 250 g/mol. The van der Waals surface area contributed by atoms with Gasteiger partial charge in [-0.15, -0.1) is 0 Å². The topological polar surface area (TPSA) is 59.4 Å². The van der Waals surface area contributed by atoms with Gasteiger partial charge < -0.3 is 15.3 Å². The van der Waals surface area contributed by atoms with Gasteiger partial charge in [0.25, 0.3) is 0 Å². The number of nitrogens with two attached hydrogens (primary N) is 1. The summed E-state index contributed by atoms with van der Waals surface area (Å²) >= 11 is 0. The van der Waals surface area contributed by atoms with Crippen molar-refractivity contribution < 1.29 is 9.52 Å². The van der Waals surface area contributed by atoms with E-state index in [1.807, 2.05) is 25.1 Å². The Morgan fingerprint density at radius 3 is 2.15 bits per heavy atom. The number of furan rings is 1. The zero-order valence-corrected chi connectivity index (χ0v) is 12.3.